The minimum absolute atomic E-state index is 0. The van der Waals surface area contributed by atoms with Crippen molar-refractivity contribution in [3.63, 3.8) is 0 Å². The molecule has 2 amide bonds. The van der Waals surface area contributed by atoms with Gasteiger partial charge in [-0.2, -0.15) is 0 Å². The molecule has 1 aromatic rings. The molecule has 0 radical (unpaired) electrons. The van der Waals surface area contributed by atoms with E-state index < -0.39 is 5.54 Å². The lowest BCUT2D eigenvalue weighted by Crippen LogP contribution is -2.52. The Morgan fingerprint density at radius 3 is 2.57 bits per heavy atom. The average molecular weight is 315 g/mol. The Labute approximate surface area is 131 Å². The Morgan fingerprint density at radius 1 is 1.33 bits per heavy atom. The van der Waals surface area contributed by atoms with Gasteiger partial charge < -0.3 is 16.4 Å². The van der Waals surface area contributed by atoms with Crippen molar-refractivity contribution >= 4 is 24.2 Å². The molecule has 0 fully saturated rings. The van der Waals surface area contributed by atoms with Gasteiger partial charge in [0, 0.05) is 25.5 Å². The summed E-state index contributed by atoms with van der Waals surface area (Å²) < 4.78 is 0. The van der Waals surface area contributed by atoms with Gasteiger partial charge >= 0.3 is 0 Å². The predicted molar refractivity (Wildman–Crippen MR) is 84.3 cm³/mol. The summed E-state index contributed by atoms with van der Waals surface area (Å²) >= 11 is 0. The Hall–Kier alpha value is -1.66. The molecule has 0 saturated heterocycles. The second-order valence-corrected chi connectivity index (χ2v) is 4.92. The fourth-order valence-corrected chi connectivity index (χ4v) is 1.79. The number of hydrogen-bond acceptors (Lipinski definition) is 4. The van der Waals surface area contributed by atoms with Crippen molar-refractivity contribution in [2.45, 2.75) is 32.2 Å². The molecule has 6 nitrogen and oxygen atoms in total. The highest BCUT2D eigenvalue weighted by molar-refractivity contribution is 5.93. The van der Waals surface area contributed by atoms with Gasteiger partial charge in [0.1, 0.15) is 0 Å². The van der Waals surface area contributed by atoms with E-state index in [-0.39, 0.29) is 24.2 Å². The molecule has 21 heavy (non-hydrogen) atoms. The molecule has 7 heteroatoms. The molecule has 0 saturated carbocycles. The van der Waals surface area contributed by atoms with Gasteiger partial charge in [0.2, 0.25) is 5.91 Å². The number of amides is 2. The fraction of sp³-hybridized carbons (Fsp3) is 0.500. The van der Waals surface area contributed by atoms with Gasteiger partial charge in [-0.25, -0.2) is 0 Å². The maximum atomic E-state index is 11.8. The minimum atomic E-state index is -0.859. The second-order valence-electron chi connectivity index (χ2n) is 4.92. The van der Waals surface area contributed by atoms with Crippen molar-refractivity contribution in [3.05, 3.63) is 30.1 Å². The summed E-state index contributed by atoms with van der Waals surface area (Å²) in [6, 6.07) is 3.38. The molecule has 0 aliphatic heterocycles. The molecule has 1 atom stereocenters. The summed E-state index contributed by atoms with van der Waals surface area (Å²) in [4.78, 5) is 27.4. The van der Waals surface area contributed by atoms with E-state index in [1.54, 1.807) is 25.3 Å². The molecular formula is C14H23ClN4O2. The van der Waals surface area contributed by atoms with E-state index in [0.29, 0.717) is 25.1 Å². The predicted octanol–water partition coefficient (Wildman–Crippen LogP) is 0.867. The highest BCUT2D eigenvalue weighted by Gasteiger charge is 2.26. The lowest BCUT2D eigenvalue weighted by Gasteiger charge is -2.22. The number of pyridine rings is 1. The first-order valence-corrected chi connectivity index (χ1v) is 6.73. The van der Waals surface area contributed by atoms with Gasteiger partial charge in [-0.15, -0.1) is 12.4 Å². The highest BCUT2D eigenvalue weighted by Crippen LogP contribution is 2.07. The van der Waals surface area contributed by atoms with Crippen LogP contribution in [0.5, 0.6) is 0 Å². The van der Waals surface area contributed by atoms with Crippen molar-refractivity contribution in [1.29, 1.82) is 0 Å². The summed E-state index contributed by atoms with van der Waals surface area (Å²) in [7, 11) is 0. The standard InChI is InChI=1S/C14H22N4O2.ClH/c1-3-6-14(2,15)13(20)18-9-8-17-12(19)11-5-4-7-16-10-11;/h4-5,7,10H,3,6,8-9,15H2,1-2H3,(H,17,19)(H,18,20);1H. The number of nitrogens with two attached hydrogens (primary N) is 1. The molecular weight excluding hydrogens is 292 g/mol. The van der Waals surface area contributed by atoms with E-state index in [1.165, 1.54) is 6.20 Å². The molecule has 0 bridgehead atoms. The van der Waals surface area contributed by atoms with Gasteiger partial charge in [-0.1, -0.05) is 13.3 Å². The number of aromatic nitrogens is 1. The first-order valence-electron chi connectivity index (χ1n) is 6.73. The number of halogens is 1. The van der Waals surface area contributed by atoms with Crippen LogP contribution in [0.25, 0.3) is 0 Å². The van der Waals surface area contributed by atoms with Crippen LogP contribution in [-0.2, 0) is 4.79 Å². The van der Waals surface area contributed by atoms with E-state index in [0.717, 1.165) is 6.42 Å². The summed E-state index contributed by atoms with van der Waals surface area (Å²) in [6.07, 6.45) is 4.57. The molecule has 118 valence electrons. The van der Waals surface area contributed by atoms with Crippen molar-refractivity contribution < 1.29 is 9.59 Å². The Balaban J connectivity index is 0.00000400. The smallest absolute Gasteiger partial charge is 0.252 e. The van der Waals surface area contributed by atoms with E-state index in [9.17, 15) is 9.59 Å². The van der Waals surface area contributed by atoms with Crippen LogP contribution in [0.15, 0.2) is 24.5 Å². The van der Waals surface area contributed by atoms with Crippen molar-refractivity contribution in [1.82, 2.24) is 15.6 Å². The number of hydrogen-bond donors (Lipinski definition) is 3. The third-order valence-electron chi connectivity index (χ3n) is 2.91. The van der Waals surface area contributed by atoms with Crippen LogP contribution in [0.3, 0.4) is 0 Å². The zero-order chi connectivity index (χ0) is 15.0. The molecule has 4 N–H and O–H groups in total. The van der Waals surface area contributed by atoms with Gasteiger partial charge in [-0.3, -0.25) is 14.6 Å². The van der Waals surface area contributed by atoms with E-state index >= 15 is 0 Å². The monoisotopic (exact) mass is 314 g/mol. The molecule has 1 rings (SSSR count). The lowest BCUT2D eigenvalue weighted by atomic mass is 9.97. The van der Waals surface area contributed by atoms with Crippen molar-refractivity contribution in [3.8, 4) is 0 Å². The maximum Gasteiger partial charge on any atom is 0.252 e. The van der Waals surface area contributed by atoms with E-state index in [2.05, 4.69) is 15.6 Å². The summed E-state index contributed by atoms with van der Waals surface area (Å²) in [5, 5.41) is 5.42. The average Bonchev–Trinajstić information content (AvgIpc) is 2.44. The number of nitrogens with zero attached hydrogens (tertiary/aromatic N) is 1. The van der Waals surface area contributed by atoms with Gasteiger partial charge in [0.25, 0.3) is 5.91 Å². The Bertz CT molecular complexity index is 452. The van der Waals surface area contributed by atoms with Gasteiger partial charge in [0.15, 0.2) is 0 Å². The lowest BCUT2D eigenvalue weighted by molar-refractivity contribution is -0.126. The van der Waals surface area contributed by atoms with Crippen molar-refractivity contribution in [2.24, 2.45) is 5.73 Å². The van der Waals surface area contributed by atoms with Crippen LogP contribution in [-0.4, -0.2) is 35.4 Å². The summed E-state index contributed by atoms with van der Waals surface area (Å²) in [5.74, 6) is -0.411. The quantitative estimate of drug-likeness (QED) is 0.650. The first-order chi connectivity index (χ1) is 9.47. The second kappa shape index (κ2) is 9.31. The molecule has 0 aliphatic rings. The third kappa shape index (κ3) is 6.55. The normalized spacial score (nSPS) is 12.7. The topological polar surface area (TPSA) is 97.1 Å². The van der Waals surface area contributed by atoms with E-state index in [4.69, 9.17) is 5.73 Å². The molecule has 0 aliphatic carbocycles. The Morgan fingerprint density at radius 2 is 2.00 bits per heavy atom. The van der Waals surface area contributed by atoms with Crippen LogP contribution in [0.4, 0.5) is 0 Å². The third-order valence-corrected chi connectivity index (χ3v) is 2.91. The van der Waals surface area contributed by atoms with Crippen molar-refractivity contribution in [2.75, 3.05) is 13.1 Å². The van der Waals surface area contributed by atoms with Crippen LogP contribution in [0.1, 0.15) is 37.0 Å². The zero-order valence-electron chi connectivity index (χ0n) is 12.4. The Kier molecular flexibility index (Phi) is 8.57. The maximum absolute atomic E-state index is 11.8. The SMILES string of the molecule is CCCC(C)(N)C(=O)NCCNC(=O)c1cccnc1.Cl. The van der Waals surface area contributed by atoms with Gasteiger partial charge in [0.05, 0.1) is 11.1 Å². The number of carbonyl (C=O) groups is 2. The van der Waals surface area contributed by atoms with Crippen LogP contribution in [0.2, 0.25) is 0 Å². The molecule has 1 aromatic heterocycles. The fourth-order valence-electron chi connectivity index (χ4n) is 1.79. The highest BCUT2D eigenvalue weighted by atomic mass is 35.5. The summed E-state index contributed by atoms with van der Waals surface area (Å²) in [5.41, 5.74) is 5.53. The number of carbonyl (C=O) groups excluding carboxylic acids is 2. The molecule has 1 heterocycles. The minimum Gasteiger partial charge on any atom is -0.353 e. The molecule has 0 spiro atoms. The molecule has 0 aromatic carbocycles. The number of nitrogens with one attached hydrogen (secondary N) is 2. The van der Waals surface area contributed by atoms with Crippen LogP contribution < -0.4 is 16.4 Å². The summed E-state index contributed by atoms with van der Waals surface area (Å²) in [6.45, 7) is 4.38. The largest absolute Gasteiger partial charge is 0.353 e. The first kappa shape index (κ1) is 19.3. The number of rotatable bonds is 7. The van der Waals surface area contributed by atoms with Crippen LogP contribution >= 0.6 is 12.4 Å². The van der Waals surface area contributed by atoms with E-state index in [1.807, 2.05) is 6.92 Å². The van der Waals surface area contributed by atoms with Crippen LogP contribution in [0, 0.1) is 0 Å². The van der Waals surface area contributed by atoms with Gasteiger partial charge in [-0.05, 0) is 25.5 Å². The zero-order valence-corrected chi connectivity index (χ0v) is 13.2. The molecule has 1 unspecified atom stereocenters.